The second-order valence-electron chi connectivity index (χ2n) is 7.34. The highest BCUT2D eigenvalue weighted by Gasteiger charge is 2.42. The average molecular weight is 462 g/mol. The van der Waals surface area contributed by atoms with Crippen molar-refractivity contribution < 1.29 is 33.3 Å². The van der Waals surface area contributed by atoms with Crippen molar-refractivity contribution in [1.82, 2.24) is 20.2 Å². The number of hydrogen-bond donors (Lipinski definition) is 3. The van der Waals surface area contributed by atoms with E-state index in [0.717, 1.165) is 6.07 Å². The molecule has 0 aliphatic carbocycles. The number of hydrogen-bond acceptors (Lipinski definition) is 7. The minimum absolute atomic E-state index is 0.0398. The summed E-state index contributed by atoms with van der Waals surface area (Å²) in [6, 6.07) is 2.94. The SMILES string of the molecule is C#COCCCN1CN(CC)C(=O)C2=C(O)C(O)C(C(=O)NCc3ccc(F)cc3F)=CN21. The largest absolute Gasteiger partial charge is 0.507 e. The summed E-state index contributed by atoms with van der Waals surface area (Å²) in [5.41, 5.74) is -0.381. The van der Waals surface area contributed by atoms with Crippen molar-refractivity contribution >= 4 is 11.8 Å². The average Bonchev–Trinajstić information content (AvgIpc) is 2.79. The first-order valence-corrected chi connectivity index (χ1v) is 10.2. The van der Waals surface area contributed by atoms with Gasteiger partial charge in [-0.3, -0.25) is 14.6 Å². The Morgan fingerprint density at radius 1 is 1.39 bits per heavy atom. The van der Waals surface area contributed by atoms with Crippen molar-refractivity contribution in [1.29, 1.82) is 0 Å². The summed E-state index contributed by atoms with van der Waals surface area (Å²) in [5, 5.41) is 26.6. The number of ether oxygens (including phenoxy) is 1. The summed E-state index contributed by atoms with van der Waals surface area (Å²) in [4.78, 5) is 27.0. The molecule has 2 amide bonds. The number of likely N-dealkylation sites (N-methyl/N-ethyl adjacent to an activating group) is 1. The number of terminal acetylenes is 1. The summed E-state index contributed by atoms with van der Waals surface area (Å²) in [6.45, 7) is 2.65. The monoisotopic (exact) mass is 462 g/mol. The molecule has 9 nitrogen and oxygen atoms in total. The summed E-state index contributed by atoms with van der Waals surface area (Å²) in [6.07, 6.45) is 7.12. The minimum atomic E-state index is -1.76. The first-order chi connectivity index (χ1) is 15.8. The molecule has 3 rings (SSSR count). The number of nitrogens with one attached hydrogen (secondary N) is 1. The molecule has 1 unspecified atom stereocenters. The van der Waals surface area contributed by atoms with Gasteiger partial charge in [0.1, 0.15) is 30.5 Å². The van der Waals surface area contributed by atoms with Crippen LogP contribution in [0, 0.1) is 24.2 Å². The molecule has 0 aromatic heterocycles. The zero-order valence-corrected chi connectivity index (χ0v) is 17.9. The van der Waals surface area contributed by atoms with Crippen LogP contribution in [0.4, 0.5) is 8.78 Å². The van der Waals surface area contributed by atoms with Crippen LogP contribution in [0.3, 0.4) is 0 Å². The maximum Gasteiger partial charge on any atom is 0.276 e. The van der Waals surface area contributed by atoms with E-state index >= 15 is 0 Å². The standard InChI is InChI=1S/C22H24F2N4O5/c1-3-26-13-27(8-5-9-33-4-2)28-12-16(19(29)20(30)18(28)22(26)32)21(31)25-11-14-6-7-15(23)10-17(14)24/h2,6-7,10,12,19,29-30H,3,5,8-9,11,13H2,1H3,(H,25,31). The molecule has 1 fully saturated rings. The summed E-state index contributed by atoms with van der Waals surface area (Å²) in [7, 11) is 0. The van der Waals surface area contributed by atoms with Gasteiger partial charge in [-0.15, -0.1) is 0 Å². The predicted molar refractivity (Wildman–Crippen MR) is 112 cm³/mol. The van der Waals surface area contributed by atoms with E-state index < -0.39 is 35.3 Å². The number of rotatable bonds is 8. The van der Waals surface area contributed by atoms with E-state index in [2.05, 4.69) is 11.4 Å². The molecular weight excluding hydrogens is 438 g/mol. The lowest BCUT2D eigenvalue weighted by molar-refractivity contribution is -0.146. The van der Waals surface area contributed by atoms with Gasteiger partial charge in [0.15, 0.2) is 11.5 Å². The van der Waals surface area contributed by atoms with Gasteiger partial charge in [-0.2, -0.15) is 5.01 Å². The van der Waals surface area contributed by atoms with Gasteiger partial charge in [0.2, 0.25) is 0 Å². The van der Waals surface area contributed by atoms with Gasteiger partial charge >= 0.3 is 0 Å². The van der Waals surface area contributed by atoms with Crippen LogP contribution in [-0.4, -0.2) is 69.4 Å². The second-order valence-corrected chi connectivity index (χ2v) is 7.34. The van der Waals surface area contributed by atoms with E-state index in [0.29, 0.717) is 25.6 Å². The van der Waals surface area contributed by atoms with Crippen LogP contribution in [-0.2, 0) is 20.9 Å². The van der Waals surface area contributed by atoms with Crippen molar-refractivity contribution in [2.75, 3.05) is 26.4 Å². The topological polar surface area (TPSA) is 106 Å². The van der Waals surface area contributed by atoms with Gasteiger partial charge in [-0.05, 0) is 19.4 Å². The molecule has 2 heterocycles. The van der Waals surface area contributed by atoms with Gasteiger partial charge in [0, 0.05) is 37.5 Å². The fraction of sp³-hybridized carbons (Fsp3) is 0.364. The van der Waals surface area contributed by atoms with Crippen LogP contribution in [0.25, 0.3) is 0 Å². The molecular formula is C22H24F2N4O5. The van der Waals surface area contributed by atoms with Crippen molar-refractivity contribution in [3.63, 3.8) is 0 Å². The highest BCUT2D eigenvalue weighted by molar-refractivity contribution is 5.99. The van der Waals surface area contributed by atoms with Crippen LogP contribution >= 0.6 is 0 Å². The molecule has 176 valence electrons. The highest BCUT2D eigenvalue weighted by Crippen LogP contribution is 2.30. The van der Waals surface area contributed by atoms with Gasteiger partial charge < -0.3 is 25.2 Å². The number of halogens is 2. The van der Waals surface area contributed by atoms with Gasteiger partial charge in [0.05, 0.1) is 12.2 Å². The first-order valence-electron chi connectivity index (χ1n) is 10.2. The Hall–Kier alpha value is -3.62. The Balaban J connectivity index is 1.82. The molecule has 33 heavy (non-hydrogen) atoms. The van der Waals surface area contributed by atoms with Crippen LogP contribution in [0.15, 0.2) is 41.4 Å². The fourth-order valence-electron chi connectivity index (χ4n) is 3.50. The second kappa shape index (κ2) is 10.3. The van der Waals surface area contributed by atoms with Gasteiger partial charge in [-0.25, -0.2) is 8.78 Å². The maximum atomic E-state index is 13.9. The maximum absolute atomic E-state index is 13.9. The smallest absolute Gasteiger partial charge is 0.276 e. The van der Waals surface area contributed by atoms with Crippen LogP contribution in [0.2, 0.25) is 0 Å². The third-order valence-electron chi connectivity index (χ3n) is 5.26. The molecule has 1 aromatic rings. The third kappa shape index (κ3) is 5.08. The zero-order chi connectivity index (χ0) is 24.1. The van der Waals surface area contributed by atoms with Crippen molar-refractivity contribution in [3.8, 4) is 12.5 Å². The number of amides is 2. The number of carbonyl (C=O) groups excluding carboxylic acids is 2. The molecule has 3 N–H and O–H groups in total. The third-order valence-corrected chi connectivity index (χ3v) is 5.26. The summed E-state index contributed by atoms with van der Waals surface area (Å²) in [5.74, 6) is -3.56. The molecule has 11 heteroatoms. The van der Waals surface area contributed by atoms with E-state index in [1.54, 1.807) is 11.9 Å². The van der Waals surface area contributed by atoms with Gasteiger partial charge in [0.25, 0.3) is 11.8 Å². The highest BCUT2D eigenvalue weighted by atomic mass is 19.1. The van der Waals surface area contributed by atoms with Crippen molar-refractivity contribution in [2.45, 2.75) is 26.0 Å². The summed E-state index contributed by atoms with van der Waals surface area (Å²) < 4.78 is 31.8. The van der Waals surface area contributed by atoms with E-state index in [9.17, 15) is 28.6 Å². The number of benzene rings is 1. The molecule has 1 aromatic carbocycles. The minimum Gasteiger partial charge on any atom is -0.507 e. The first kappa shape index (κ1) is 24.0. The van der Waals surface area contributed by atoms with Crippen molar-refractivity contribution in [3.05, 3.63) is 58.6 Å². The van der Waals surface area contributed by atoms with Crippen LogP contribution in [0.5, 0.6) is 0 Å². The molecule has 2 aliphatic heterocycles. The molecule has 0 saturated carbocycles. The Labute approximate surface area is 189 Å². The lowest BCUT2D eigenvalue weighted by Crippen LogP contribution is -2.58. The number of aliphatic hydroxyl groups excluding tert-OH is 2. The van der Waals surface area contributed by atoms with Gasteiger partial charge in [-0.1, -0.05) is 12.5 Å². The number of carbonyl (C=O) groups is 2. The number of nitrogens with zero attached hydrogens (tertiary/aromatic N) is 3. The molecule has 0 bridgehead atoms. The van der Waals surface area contributed by atoms with E-state index in [-0.39, 0.29) is 36.7 Å². The zero-order valence-electron chi connectivity index (χ0n) is 17.9. The molecule has 0 spiro atoms. The predicted octanol–water partition coefficient (Wildman–Crippen LogP) is 0.945. The Bertz CT molecular complexity index is 1040. The summed E-state index contributed by atoms with van der Waals surface area (Å²) >= 11 is 0. The number of hydrazine groups is 1. The fourth-order valence-corrected chi connectivity index (χ4v) is 3.50. The number of aliphatic hydroxyl groups is 2. The van der Waals surface area contributed by atoms with Crippen LogP contribution in [0.1, 0.15) is 18.9 Å². The Morgan fingerprint density at radius 3 is 2.82 bits per heavy atom. The lowest BCUT2D eigenvalue weighted by atomic mass is 10.0. The molecule has 1 saturated heterocycles. The quantitative estimate of drug-likeness (QED) is 0.390. The van der Waals surface area contributed by atoms with E-state index in [1.165, 1.54) is 22.2 Å². The molecule has 2 aliphatic rings. The van der Waals surface area contributed by atoms with Crippen LogP contribution < -0.4 is 5.32 Å². The van der Waals surface area contributed by atoms with E-state index in [1.807, 2.05) is 0 Å². The Kier molecular flexibility index (Phi) is 7.52. The lowest BCUT2D eigenvalue weighted by Gasteiger charge is -2.46. The number of fused-ring (bicyclic) bond motifs is 1. The molecule has 1 atom stereocenters. The molecule has 0 radical (unpaired) electrons. The normalized spacial score (nSPS) is 18.6. The van der Waals surface area contributed by atoms with Crippen molar-refractivity contribution in [2.24, 2.45) is 0 Å². The van der Waals surface area contributed by atoms with E-state index in [4.69, 9.17) is 11.2 Å². The Morgan fingerprint density at radius 2 is 2.15 bits per heavy atom.